The summed E-state index contributed by atoms with van der Waals surface area (Å²) in [5.41, 5.74) is 3.39. The molecule has 4 rings (SSSR count). The van der Waals surface area contributed by atoms with Crippen molar-refractivity contribution in [2.45, 2.75) is 32.7 Å². The van der Waals surface area contributed by atoms with Crippen molar-refractivity contribution in [3.8, 4) is 6.07 Å². The number of hydrogen-bond acceptors (Lipinski definition) is 5. The lowest BCUT2D eigenvalue weighted by molar-refractivity contribution is -0.120. The number of para-hydroxylation sites is 1. The molecular formula is C23H24N4O3. The molecule has 1 fully saturated rings. The van der Waals surface area contributed by atoms with Crippen molar-refractivity contribution < 1.29 is 9.21 Å². The first-order chi connectivity index (χ1) is 14.5. The maximum Gasteiger partial charge on any atom is 0.420 e. The van der Waals surface area contributed by atoms with Gasteiger partial charge in [-0.15, -0.1) is 0 Å². The third kappa shape index (κ3) is 3.69. The number of fused-ring (bicyclic) bond motifs is 1. The molecule has 1 aliphatic heterocycles. The predicted octanol–water partition coefficient (Wildman–Crippen LogP) is 3.90. The molecule has 0 aliphatic carbocycles. The van der Waals surface area contributed by atoms with Crippen LogP contribution in [0.25, 0.3) is 11.1 Å². The summed E-state index contributed by atoms with van der Waals surface area (Å²) in [7, 11) is 0. The summed E-state index contributed by atoms with van der Waals surface area (Å²) in [5, 5.41) is 12.3. The zero-order chi connectivity index (χ0) is 21.3. The summed E-state index contributed by atoms with van der Waals surface area (Å²) in [6.45, 7) is 5.30. The van der Waals surface area contributed by atoms with Crippen molar-refractivity contribution in [2.24, 2.45) is 5.92 Å². The molecule has 0 saturated carbocycles. The van der Waals surface area contributed by atoms with Crippen LogP contribution in [0, 0.1) is 17.2 Å². The van der Waals surface area contributed by atoms with Crippen molar-refractivity contribution in [3.63, 3.8) is 0 Å². The third-order valence-electron chi connectivity index (χ3n) is 5.63. The highest BCUT2D eigenvalue weighted by atomic mass is 16.4. The van der Waals surface area contributed by atoms with E-state index in [9.17, 15) is 14.9 Å². The van der Waals surface area contributed by atoms with Crippen LogP contribution >= 0.6 is 0 Å². The minimum Gasteiger partial charge on any atom is -0.408 e. The molecule has 1 amide bonds. The number of aromatic nitrogens is 1. The molecule has 7 nitrogen and oxygen atoms in total. The maximum atomic E-state index is 12.8. The highest BCUT2D eigenvalue weighted by Crippen LogP contribution is 2.27. The number of carbonyl (C=O) groups is 1. The van der Waals surface area contributed by atoms with Gasteiger partial charge in [-0.2, -0.15) is 5.26 Å². The monoisotopic (exact) mass is 404 g/mol. The number of nitriles is 1. The second kappa shape index (κ2) is 8.07. The summed E-state index contributed by atoms with van der Waals surface area (Å²) in [6, 6.07) is 15.1. The Bertz CT molecular complexity index is 1180. The van der Waals surface area contributed by atoms with E-state index in [4.69, 9.17) is 4.42 Å². The molecule has 30 heavy (non-hydrogen) atoms. The SMILES string of the molecule is CC(C)n1c(=O)oc2cc(NC(=O)C3CCN(c4ccccc4C#N)CC3)ccc21. The second-order valence-corrected chi connectivity index (χ2v) is 7.89. The number of carbonyl (C=O) groups excluding carboxylic acids is 1. The maximum absolute atomic E-state index is 12.8. The first-order valence-electron chi connectivity index (χ1n) is 10.2. The molecule has 0 bridgehead atoms. The first kappa shape index (κ1) is 19.8. The van der Waals surface area contributed by atoms with Gasteiger partial charge in [-0.3, -0.25) is 9.36 Å². The highest BCUT2D eigenvalue weighted by Gasteiger charge is 2.26. The quantitative estimate of drug-likeness (QED) is 0.712. The van der Waals surface area contributed by atoms with E-state index in [-0.39, 0.29) is 17.9 Å². The lowest BCUT2D eigenvalue weighted by atomic mass is 9.95. The van der Waals surface area contributed by atoms with Crippen molar-refractivity contribution in [1.82, 2.24) is 4.57 Å². The number of oxazole rings is 1. The minimum atomic E-state index is -0.395. The minimum absolute atomic E-state index is 0.00413. The van der Waals surface area contributed by atoms with Crippen LogP contribution in [0.2, 0.25) is 0 Å². The molecule has 0 unspecified atom stereocenters. The lowest BCUT2D eigenvalue weighted by Gasteiger charge is -2.33. The number of hydrogen-bond donors (Lipinski definition) is 1. The summed E-state index contributed by atoms with van der Waals surface area (Å²) in [5.74, 6) is -0.528. The van der Waals surface area contributed by atoms with Gasteiger partial charge in [0, 0.05) is 36.8 Å². The smallest absolute Gasteiger partial charge is 0.408 e. The Labute approximate surface area is 174 Å². The predicted molar refractivity (Wildman–Crippen MR) is 116 cm³/mol. The number of nitrogens with zero attached hydrogens (tertiary/aromatic N) is 3. The fourth-order valence-corrected chi connectivity index (χ4v) is 4.07. The zero-order valence-electron chi connectivity index (χ0n) is 17.1. The van der Waals surface area contributed by atoms with Crippen LogP contribution in [0.4, 0.5) is 11.4 Å². The number of benzene rings is 2. The number of nitrogens with one attached hydrogen (secondary N) is 1. The number of amides is 1. The molecule has 2 heterocycles. The van der Waals surface area contributed by atoms with Gasteiger partial charge in [0.15, 0.2) is 5.58 Å². The van der Waals surface area contributed by atoms with Crippen molar-refractivity contribution in [3.05, 3.63) is 58.6 Å². The van der Waals surface area contributed by atoms with E-state index in [2.05, 4.69) is 16.3 Å². The van der Waals surface area contributed by atoms with Gasteiger partial charge in [0.05, 0.1) is 16.8 Å². The van der Waals surface area contributed by atoms with Gasteiger partial charge in [-0.05, 0) is 51.0 Å². The van der Waals surface area contributed by atoms with Crippen LogP contribution in [0.1, 0.15) is 38.3 Å². The zero-order valence-corrected chi connectivity index (χ0v) is 17.1. The van der Waals surface area contributed by atoms with E-state index >= 15 is 0 Å². The van der Waals surface area contributed by atoms with Crippen LogP contribution < -0.4 is 16.0 Å². The summed E-state index contributed by atoms with van der Waals surface area (Å²) >= 11 is 0. The molecule has 0 spiro atoms. The molecule has 0 atom stereocenters. The Morgan fingerprint density at radius 2 is 1.93 bits per heavy atom. The Morgan fingerprint density at radius 3 is 2.63 bits per heavy atom. The van der Waals surface area contributed by atoms with Gasteiger partial charge in [-0.1, -0.05) is 12.1 Å². The molecule has 2 aromatic carbocycles. The fourth-order valence-electron chi connectivity index (χ4n) is 4.07. The topological polar surface area (TPSA) is 91.3 Å². The molecule has 1 aromatic heterocycles. The van der Waals surface area contributed by atoms with Crippen LogP contribution in [0.15, 0.2) is 51.7 Å². The van der Waals surface area contributed by atoms with Crippen LogP contribution in [-0.4, -0.2) is 23.6 Å². The van der Waals surface area contributed by atoms with Gasteiger partial charge in [-0.25, -0.2) is 4.79 Å². The third-order valence-corrected chi connectivity index (χ3v) is 5.63. The second-order valence-electron chi connectivity index (χ2n) is 7.89. The van der Waals surface area contributed by atoms with Gasteiger partial charge < -0.3 is 14.6 Å². The van der Waals surface area contributed by atoms with Gasteiger partial charge in [0.2, 0.25) is 5.91 Å². The molecule has 0 radical (unpaired) electrons. The number of piperidine rings is 1. The van der Waals surface area contributed by atoms with E-state index in [1.165, 1.54) is 0 Å². The van der Waals surface area contributed by atoms with E-state index in [1.807, 2.05) is 38.1 Å². The Morgan fingerprint density at radius 1 is 1.20 bits per heavy atom. The fraction of sp³-hybridized carbons (Fsp3) is 0.348. The molecule has 7 heteroatoms. The number of rotatable bonds is 4. The molecule has 1 N–H and O–H groups in total. The summed E-state index contributed by atoms with van der Waals surface area (Å²) < 4.78 is 6.93. The standard InChI is InChI=1S/C23H24N4O3/c1-15(2)27-20-8-7-18(13-21(20)30-23(27)29)25-22(28)16-9-11-26(12-10-16)19-6-4-3-5-17(19)14-24/h3-8,13,15-16H,9-12H2,1-2H3,(H,25,28). The van der Waals surface area contributed by atoms with Gasteiger partial charge >= 0.3 is 5.76 Å². The lowest BCUT2D eigenvalue weighted by Crippen LogP contribution is -2.38. The Kier molecular flexibility index (Phi) is 5.32. The van der Waals surface area contributed by atoms with E-state index in [1.54, 1.807) is 22.8 Å². The largest absolute Gasteiger partial charge is 0.420 e. The number of anilines is 2. The normalized spacial score (nSPS) is 14.8. The van der Waals surface area contributed by atoms with Crippen LogP contribution in [0.3, 0.4) is 0 Å². The summed E-state index contributed by atoms with van der Waals surface area (Å²) in [6.07, 6.45) is 1.43. The van der Waals surface area contributed by atoms with Crippen molar-refractivity contribution in [2.75, 3.05) is 23.3 Å². The molecule has 154 valence electrons. The molecule has 3 aromatic rings. The Hall–Kier alpha value is -3.53. The van der Waals surface area contributed by atoms with E-state index in [0.29, 0.717) is 29.7 Å². The van der Waals surface area contributed by atoms with Crippen molar-refractivity contribution >= 4 is 28.4 Å². The Balaban J connectivity index is 1.43. The van der Waals surface area contributed by atoms with E-state index in [0.717, 1.165) is 24.3 Å². The van der Waals surface area contributed by atoms with Crippen LogP contribution in [0.5, 0.6) is 0 Å². The first-order valence-corrected chi connectivity index (χ1v) is 10.2. The van der Waals surface area contributed by atoms with E-state index < -0.39 is 5.76 Å². The highest BCUT2D eigenvalue weighted by molar-refractivity contribution is 5.94. The van der Waals surface area contributed by atoms with Gasteiger partial charge in [0.25, 0.3) is 0 Å². The average molecular weight is 404 g/mol. The van der Waals surface area contributed by atoms with Crippen LogP contribution in [-0.2, 0) is 4.79 Å². The average Bonchev–Trinajstić information content (AvgIpc) is 3.09. The molecule has 1 aliphatic rings. The molecule has 1 saturated heterocycles. The van der Waals surface area contributed by atoms with Crippen molar-refractivity contribution in [1.29, 1.82) is 5.26 Å². The molecular weight excluding hydrogens is 380 g/mol. The summed E-state index contributed by atoms with van der Waals surface area (Å²) in [4.78, 5) is 27.0. The van der Waals surface area contributed by atoms with Gasteiger partial charge in [0.1, 0.15) is 6.07 Å².